The van der Waals surface area contributed by atoms with Gasteiger partial charge >= 0.3 is 6.09 Å². The molecule has 2 unspecified atom stereocenters. The Hall–Kier alpha value is -4.37. The second-order valence-electron chi connectivity index (χ2n) is 9.90. The number of para-hydroxylation sites is 1. The number of anilines is 1. The summed E-state index contributed by atoms with van der Waals surface area (Å²) in [6.45, 7) is 6.07. The van der Waals surface area contributed by atoms with Crippen LogP contribution in [0.15, 0.2) is 78.9 Å². The van der Waals surface area contributed by atoms with Crippen LogP contribution in [0.4, 0.5) is 10.5 Å². The van der Waals surface area contributed by atoms with Gasteiger partial charge in [-0.25, -0.2) is 4.79 Å². The maximum absolute atomic E-state index is 14.0. The van der Waals surface area contributed by atoms with Gasteiger partial charge in [0.05, 0.1) is 19.2 Å². The fraction of sp³-hybridized carbons (Fsp3) is 0.323. The third kappa shape index (κ3) is 5.79. The van der Waals surface area contributed by atoms with E-state index in [9.17, 15) is 14.4 Å². The average Bonchev–Trinajstić information content (AvgIpc) is 3.32. The molecule has 5 rings (SSSR count). The molecule has 0 radical (unpaired) electrons. The number of hydrogen-bond acceptors (Lipinski definition) is 6. The van der Waals surface area contributed by atoms with Crippen molar-refractivity contribution < 1.29 is 23.9 Å². The molecule has 2 aliphatic rings. The standard InChI is InChI=1S/C31H34N4O5/c1-3-33-16-18-34(19-17-33)30(37)27-28(40-31(38)35(27)21-22-10-5-4-6-11-22)23-12-9-13-24(20-23)32-29(36)25-14-7-8-15-26(25)39-2/h4-15,20,27-28H,3,16-19,21H2,1-2H3,(H,32,36). The Balaban J connectivity index is 1.42. The minimum absolute atomic E-state index is 0.133. The molecule has 0 spiro atoms. The fourth-order valence-electron chi connectivity index (χ4n) is 5.27. The number of carbonyl (C=O) groups is 3. The Kier molecular flexibility index (Phi) is 8.31. The van der Waals surface area contributed by atoms with Gasteiger partial charge in [-0.05, 0) is 41.9 Å². The van der Waals surface area contributed by atoms with Crippen LogP contribution in [0, 0.1) is 0 Å². The van der Waals surface area contributed by atoms with Crippen molar-refractivity contribution in [2.75, 3.05) is 45.2 Å². The highest BCUT2D eigenvalue weighted by Gasteiger charge is 2.48. The lowest BCUT2D eigenvalue weighted by Crippen LogP contribution is -2.54. The number of benzene rings is 3. The zero-order valence-electron chi connectivity index (χ0n) is 22.8. The molecular weight excluding hydrogens is 508 g/mol. The van der Waals surface area contributed by atoms with Gasteiger partial charge in [-0.2, -0.15) is 0 Å². The van der Waals surface area contributed by atoms with Crippen molar-refractivity contribution in [2.24, 2.45) is 0 Å². The van der Waals surface area contributed by atoms with E-state index in [0.717, 1.165) is 25.2 Å². The number of piperazine rings is 1. The second-order valence-corrected chi connectivity index (χ2v) is 9.90. The highest BCUT2D eigenvalue weighted by atomic mass is 16.6. The summed E-state index contributed by atoms with van der Waals surface area (Å²) < 4.78 is 11.2. The van der Waals surface area contributed by atoms with Gasteiger partial charge in [0, 0.05) is 31.9 Å². The maximum Gasteiger partial charge on any atom is 0.411 e. The smallest absolute Gasteiger partial charge is 0.411 e. The molecule has 0 bridgehead atoms. The van der Waals surface area contributed by atoms with Crippen LogP contribution in [0.25, 0.3) is 0 Å². The summed E-state index contributed by atoms with van der Waals surface area (Å²) in [6.07, 6.45) is -1.36. The monoisotopic (exact) mass is 542 g/mol. The van der Waals surface area contributed by atoms with Gasteiger partial charge in [0.15, 0.2) is 12.1 Å². The molecule has 2 fully saturated rings. The van der Waals surface area contributed by atoms with Crippen molar-refractivity contribution in [1.29, 1.82) is 0 Å². The lowest BCUT2D eigenvalue weighted by molar-refractivity contribution is -0.138. The summed E-state index contributed by atoms with van der Waals surface area (Å²) in [5.74, 6) is 0.00222. The van der Waals surface area contributed by atoms with Crippen LogP contribution in [0.3, 0.4) is 0 Å². The Morgan fingerprint density at radius 3 is 2.40 bits per heavy atom. The van der Waals surface area contributed by atoms with E-state index in [0.29, 0.717) is 35.7 Å². The van der Waals surface area contributed by atoms with E-state index in [4.69, 9.17) is 9.47 Å². The van der Waals surface area contributed by atoms with Crippen LogP contribution < -0.4 is 10.1 Å². The third-order valence-electron chi connectivity index (χ3n) is 7.49. The molecule has 2 aliphatic heterocycles. The first-order chi connectivity index (χ1) is 19.5. The largest absolute Gasteiger partial charge is 0.496 e. The highest BCUT2D eigenvalue weighted by molar-refractivity contribution is 6.06. The van der Waals surface area contributed by atoms with E-state index in [1.807, 2.05) is 41.3 Å². The number of hydrogen-bond donors (Lipinski definition) is 1. The Morgan fingerprint density at radius 1 is 0.950 bits per heavy atom. The first-order valence-electron chi connectivity index (χ1n) is 13.5. The van der Waals surface area contributed by atoms with Gasteiger partial charge in [-0.3, -0.25) is 14.5 Å². The number of amides is 3. The summed E-state index contributed by atoms with van der Waals surface area (Å²) in [4.78, 5) is 45.9. The van der Waals surface area contributed by atoms with Gasteiger partial charge < -0.3 is 24.6 Å². The molecule has 3 aromatic rings. The van der Waals surface area contributed by atoms with Gasteiger partial charge in [-0.1, -0.05) is 61.5 Å². The van der Waals surface area contributed by atoms with Crippen LogP contribution in [-0.2, 0) is 16.1 Å². The minimum Gasteiger partial charge on any atom is -0.496 e. The number of rotatable bonds is 8. The molecular formula is C31H34N4O5. The van der Waals surface area contributed by atoms with Crippen molar-refractivity contribution in [3.05, 3.63) is 95.6 Å². The van der Waals surface area contributed by atoms with Crippen LogP contribution in [0.5, 0.6) is 5.75 Å². The van der Waals surface area contributed by atoms with E-state index in [1.165, 1.54) is 12.0 Å². The molecule has 3 aromatic carbocycles. The zero-order valence-corrected chi connectivity index (χ0v) is 22.8. The van der Waals surface area contributed by atoms with Crippen LogP contribution in [0.2, 0.25) is 0 Å². The number of ether oxygens (including phenoxy) is 2. The number of methoxy groups -OCH3 is 1. The Labute approximate surface area is 234 Å². The van der Waals surface area contributed by atoms with E-state index in [2.05, 4.69) is 17.1 Å². The Morgan fingerprint density at radius 2 is 1.68 bits per heavy atom. The molecule has 40 heavy (non-hydrogen) atoms. The molecule has 2 atom stereocenters. The quantitative estimate of drug-likeness (QED) is 0.460. The molecule has 3 amide bonds. The van der Waals surface area contributed by atoms with E-state index >= 15 is 0 Å². The highest BCUT2D eigenvalue weighted by Crippen LogP contribution is 2.36. The fourth-order valence-corrected chi connectivity index (χ4v) is 5.27. The van der Waals surface area contributed by atoms with Crippen LogP contribution >= 0.6 is 0 Å². The van der Waals surface area contributed by atoms with Gasteiger partial charge in [-0.15, -0.1) is 0 Å². The van der Waals surface area contributed by atoms with Gasteiger partial charge in [0.1, 0.15) is 5.75 Å². The first-order valence-corrected chi connectivity index (χ1v) is 13.5. The summed E-state index contributed by atoms with van der Waals surface area (Å²) in [5.41, 5.74) is 2.46. The molecule has 9 heteroatoms. The molecule has 208 valence electrons. The summed E-state index contributed by atoms with van der Waals surface area (Å²) >= 11 is 0. The second kappa shape index (κ2) is 12.2. The van der Waals surface area contributed by atoms with E-state index in [-0.39, 0.29) is 18.4 Å². The predicted octanol–water partition coefficient (Wildman–Crippen LogP) is 4.17. The number of nitrogens with zero attached hydrogens (tertiary/aromatic N) is 3. The van der Waals surface area contributed by atoms with Gasteiger partial charge in [0.2, 0.25) is 5.91 Å². The summed E-state index contributed by atoms with van der Waals surface area (Å²) in [5, 5.41) is 2.90. The molecule has 1 N–H and O–H groups in total. The number of cyclic esters (lactones) is 1. The van der Waals surface area contributed by atoms with Crippen molar-refractivity contribution in [3.8, 4) is 5.75 Å². The normalized spacial score (nSPS) is 19.3. The minimum atomic E-state index is -0.832. The van der Waals surface area contributed by atoms with Crippen LogP contribution in [-0.4, -0.2) is 78.5 Å². The zero-order chi connectivity index (χ0) is 28.1. The number of likely N-dealkylation sites (N-methyl/N-ethyl adjacent to an activating group) is 1. The third-order valence-corrected chi connectivity index (χ3v) is 7.49. The number of nitrogens with one attached hydrogen (secondary N) is 1. The number of carbonyl (C=O) groups excluding carboxylic acids is 3. The molecule has 2 saturated heterocycles. The summed E-state index contributed by atoms with van der Waals surface area (Å²) in [6, 6.07) is 22.8. The lowest BCUT2D eigenvalue weighted by atomic mass is 9.99. The maximum atomic E-state index is 14.0. The molecule has 0 saturated carbocycles. The SMILES string of the molecule is CCN1CCN(C(=O)C2C(c3cccc(NC(=O)c4ccccc4OC)c3)OC(=O)N2Cc2ccccc2)CC1. The lowest BCUT2D eigenvalue weighted by Gasteiger charge is -2.37. The van der Waals surface area contributed by atoms with Crippen molar-refractivity contribution in [3.63, 3.8) is 0 Å². The van der Waals surface area contributed by atoms with E-state index in [1.54, 1.807) is 42.5 Å². The van der Waals surface area contributed by atoms with Gasteiger partial charge in [0.25, 0.3) is 5.91 Å². The summed E-state index contributed by atoms with van der Waals surface area (Å²) in [7, 11) is 1.52. The first kappa shape index (κ1) is 27.2. The molecule has 2 heterocycles. The van der Waals surface area contributed by atoms with Crippen molar-refractivity contribution >= 4 is 23.6 Å². The molecule has 9 nitrogen and oxygen atoms in total. The molecule has 0 aliphatic carbocycles. The predicted molar refractivity (Wildman–Crippen MR) is 151 cm³/mol. The topological polar surface area (TPSA) is 91.4 Å². The Bertz CT molecular complexity index is 1360. The average molecular weight is 543 g/mol. The van der Waals surface area contributed by atoms with Crippen LogP contribution in [0.1, 0.15) is 34.5 Å². The van der Waals surface area contributed by atoms with Crippen molar-refractivity contribution in [2.45, 2.75) is 25.6 Å². The molecule has 0 aromatic heterocycles. The van der Waals surface area contributed by atoms with Crippen molar-refractivity contribution in [1.82, 2.24) is 14.7 Å². The van der Waals surface area contributed by atoms with E-state index < -0.39 is 18.2 Å².